The van der Waals surface area contributed by atoms with Crippen molar-refractivity contribution >= 4 is 47.8 Å². The van der Waals surface area contributed by atoms with Crippen molar-refractivity contribution in [3.63, 3.8) is 0 Å². The van der Waals surface area contributed by atoms with E-state index in [1.807, 2.05) is 0 Å². The summed E-state index contributed by atoms with van der Waals surface area (Å²) in [5.74, 6) is 0. The first-order valence-corrected chi connectivity index (χ1v) is 4.29. The molecule has 42 valence electrons. The van der Waals surface area contributed by atoms with E-state index in [1.165, 1.54) is 0 Å². The van der Waals surface area contributed by atoms with E-state index in [0.717, 1.165) is 10.2 Å². The van der Waals surface area contributed by atoms with Crippen LogP contribution in [0.3, 0.4) is 0 Å². The minimum atomic E-state index is 0.354. The normalized spacial score (nSPS) is 15.0. The second kappa shape index (κ2) is 4.33. The van der Waals surface area contributed by atoms with Crippen molar-refractivity contribution in [1.82, 2.24) is 0 Å². The monoisotopic (exact) mass is 290 g/mol. The van der Waals surface area contributed by atoms with Crippen LogP contribution < -0.4 is 0 Å². The molecular weight excluding hydrogens is 288 g/mol. The van der Waals surface area contributed by atoms with E-state index in [1.54, 1.807) is 0 Å². The van der Waals surface area contributed by atoms with Gasteiger partial charge in [0.15, 0.2) is 0 Å². The van der Waals surface area contributed by atoms with Gasteiger partial charge in [-0.2, -0.15) is 0 Å². The molecule has 3 heteroatoms. The Balaban J connectivity index is 3.14. The van der Waals surface area contributed by atoms with Gasteiger partial charge in [-0.3, -0.25) is 0 Å². The first-order chi connectivity index (χ1) is 3.18. The highest BCUT2D eigenvalue weighted by Crippen LogP contribution is 2.29. The molecule has 0 rings (SSSR count). The molecular formula is C4H5Br3. The number of alkyl halides is 1. The lowest BCUT2D eigenvalue weighted by atomic mass is 10.4. The van der Waals surface area contributed by atoms with Gasteiger partial charge in [0.05, 0.1) is 0 Å². The Morgan fingerprint density at radius 2 is 2.00 bits per heavy atom. The molecule has 0 aromatic rings. The van der Waals surface area contributed by atoms with Gasteiger partial charge in [0.2, 0.25) is 0 Å². The van der Waals surface area contributed by atoms with E-state index in [0.29, 0.717) is 4.83 Å². The molecule has 2 radical (unpaired) electrons. The summed E-state index contributed by atoms with van der Waals surface area (Å²) in [7, 11) is 0. The lowest BCUT2D eigenvalue weighted by Crippen LogP contribution is -1.95. The average molecular weight is 293 g/mol. The first-order valence-electron chi connectivity index (χ1n) is 1.79. The lowest BCUT2D eigenvalue weighted by molar-refractivity contribution is 1.06. The first kappa shape index (κ1) is 8.44. The van der Waals surface area contributed by atoms with Crippen LogP contribution in [-0.2, 0) is 0 Å². The average Bonchev–Trinajstić information content (AvgIpc) is 1.65. The topological polar surface area (TPSA) is 0 Å². The Labute approximate surface area is 69.4 Å². The highest BCUT2D eigenvalue weighted by Gasteiger charge is 2.08. The zero-order valence-corrected chi connectivity index (χ0v) is 8.38. The van der Waals surface area contributed by atoms with E-state index in [-0.39, 0.29) is 0 Å². The standard InChI is InChI=1S/C4H5Br3/c1-2-3(5)4(6)7/h3H,1-2H2. The second-order valence-electron chi connectivity index (χ2n) is 1.05. The lowest BCUT2D eigenvalue weighted by Gasteiger charge is -2.03. The molecule has 1 atom stereocenters. The van der Waals surface area contributed by atoms with E-state index in [4.69, 9.17) is 0 Å². The third-order valence-electron chi connectivity index (χ3n) is 0.490. The van der Waals surface area contributed by atoms with E-state index in [9.17, 15) is 0 Å². The molecule has 0 amide bonds. The van der Waals surface area contributed by atoms with Crippen LogP contribution in [0, 0.1) is 10.7 Å². The van der Waals surface area contributed by atoms with Crippen molar-refractivity contribution in [3.8, 4) is 0 Å². The Bertz CT molecular complexity index is 44.2. The van der Waals surface area contributed by atoms with E-state index < -0.39 is 0 Å². The molecule has 0 spiro atoms. The van der Waals surface area contributed by atoms with Gasteiger partial charge in [-0.25, -0.2) is 0 Å². The fraction of sp³-hybridized carbons (Fsp3) is 0.500. The summed E-state index contributed by atoms with van der Waals surface area (Å²) in [6.07, 6.45) is 0.853. The van der Waals surface area contributed by atoms with Crippen LogP contribution in [0.2, 0.25) is 0 Å². The maximum Gasteiger partial charge on any atom is 0.119 e. The van der Waals surface area contributed by atoms with Crippen LogP contribution in [-0.4, -0.2) is 4.83 Å². The number of hydrogen-bond acceptors (Lipinski definition) is 0. The molecule has 0 aliphatic carbocycles. The Morgan fingerprint density at radius 3 is 2.00 bits per heavy atom. The van der Waals surface area contributed by atoms with Gasteiger partial charge in [0.1, 0.15) is 3.74 Å². The SMILES string of the molecule is [CH2]CC(Br)[C](Br)Br. The van der Waals surface area contributed by atoms with Crippen molar-refractivity contribution in [1.29, 1.82) is 0 Å². The summed E-state index contributed by atoms with van der Waals surface area (Å²) < 4.78 is 1.02. The van der Waals surface area contributed by atoms with Gasteiger partial charge in [0, 0.05) is 4.83 Å². The van der Waals surface area contributed by atoms with Gasteiger partial charge in [-0.05, 0) is 6.42 Å². The number of hydrogen-bond donors (Lipinski definition) is 0. The van der Waals surface area contributed by atoms with E-state index >= 15 is 0 Å². The summed E-state index contributed by atoms with van der Waals surface area (Å²) in [5.41, 5.74) is 0. The molecule has 0 aromatic carbocycles. The summed E-state index contributed by atoms with van der Waals surface area (Å²) in [6, 6.07) is 0. The van der Waals surface area contributed by atoms with Crippen molar-refractivity contribution < 1.29 is 0 Å². The number of rotatable bonds is 2. The van der Waals surface area contributed by atoms with Crippen molar-refractivity contribution in [2.45, 2.75) is 11.2 Å². The molecule has 0 fully saturated rings. The highest BCUT2D eigenvalue weighted by atomic mass is 79.9. The third-order valence-corrected chi connectivity index (χ3v) is 3.74. The maximum absolute atomic E-state index is 3.68. The molecule has 0 saturated heterocycles. The van der Waals surface area contributed by atoms with Gasteiger partial charge < -0.3 is 0 Å². The molecule has 0 saturated carbocycles. The van der Waals surface area contributed by atoms with Gasteiger partial charge in [0.25, 0.3) is 0 Å². The predicted molar refractivity (Wildman–Crippen MR) is 43.8 cm³/mol. The molecule has 0 aliphatic rings. The molecule has 0 heterocycles. The minimum absolute atomic E-state index is 0.354. The molecule has 7 heavy (non-hydrogen) atoms. The summed E-state index contributed by atoms with van der Waals surface area (Å²) >= 11 is 9.84. The molecule has 1 unspecified atom stereocenters. The van der Waals surface area contributed by atoms with Crippen LogP contribution in [0.1, 0.15) is 6.42 Å². The third kappa shape index (κ3) is 3.98. The zero-order valence-electron chi connectivity index (χ0n) is 3.63. The van der Waals surface area contributed by atoms with Crippen LogP contribution in [0.5, 0.6) is 0 Å². The van der Waals surface area contributed by atoms with Crippen LogP contribution in [0.4, 0.5) is 0 Å². The van der Waals surface area contributed by atoms with Crippen LogP contribution in [0.15, 0.2) is 0 Å². The fourth-order valence-electron chi connectivity index (χ4n) is 0.109. The Morgan fingerprint density at radius 1 is 1.57 bits per heavy atom. The molecule has 0 aromatic heterocycles. The van der Waals surface area contributed by atoms with Gasteiger partial charge >= 0.3 is 0 Å². The Kier molecular flexibility index (Phi) is 5.22. The van der Waals surface area contributed by atoms with E-state index in [2.05, 4.69) is 54.7 Å². The van der Waals surface area contributed by atoms with Crippen molar-refractivity contribution in [2.75, 3.05) is 0 Å². The maximum atomic E-state index is 3.68. The summed E-state index contributed by atoms with van der Waals surface area (Å²) in [5, 5.41) is 0. The quantitative estimate of drug-likeness (QED) is 0.686. The zero-order chi connectivity index (χ0) is 5.86. The highest BCUT2D eigenvalue weighted by molar-refractivity contribution is 9.28. The molecule has 0 N–H and O–H groups in total. The van der Waals surface area contributed by atoms with Crippen molar-refractivity contribution in [2.24, 2.45) is 0 Å². The minimum Gasteiger partial charge on any atom is -0.0865 e. The molecule has 0 nitrogen and oxygen atoms in total. The molecule has 0 bridgehead atoms. The largest absolute Gasteiger partial charge is 0.119 e. The van der Waals surface area contributed by atoms with Crippen molar-refractivity contribution in [3.05, 3.63) is 10.7 Å². The Hall–Kier alpha value is 1.44. The smallest absolute Gasteiger partial charge is 0.0865 e. The molecule has 0 aliphatic heterocycles. The second-order valence-corrected chi connectivity index (χ2v) is 4.92. The fourth-order valence-corrected chi connectivity index (χ4v) is 0.567. The van der Waals surface area contributed by atoms with Crippen LogP contribution >= 0.6 is 47.8 Å². The number of halogens is 3. The van der Waals surface area contributed by atoms with Gasteiger partial charge in [-0.1, -0.05) is 54.7 Å². The summed E-state index contributed by atoms with van der Waals surface area (Å²) in [6.45, 7) is 3.68. The summed E-state index contributed by atoms with van der Waals surface area (Å²) in [4.78, 5) is 0.354. The predicted octanol–water partition coefficient (Wildman–Crippen LogP) is 3.25. The van der Waals surface area contributed by atoms with Crippen LogP contribution in [0.25, 0.3) is 0 Å². The van der Waals surface area contributed by atoms with Gasteiger partial charge in [-0.15, -0.1) is 0 Å².